The number of aromatic amines is 1. The Balaban J connectivity index is 1.16. The van der Waals surface area contributed by atoms with E-state index in [9.17, 15) is 0 Å². The molecule has 5 heteroatoms. The van der Waals surface area contributed by atoms with Gasteiger partial charge in [0.25, 0.3) is 0 Å². The van der Waals surface area contributed by atoms with Crippen LogP contribution in [-0.4, -0.2) is 46.6 Å². The fraction of sp³-hybridized carbons (Fsp3) is 0.417. The summed E-state index contributed by atoms with van der Waals surface area (Å²) in [5, 5.41) is 10.4. The van der Waals surface area contributed by atoms with E-state index in [0.717, 1.165) is 36.4 Å². The van der Waals surface area contributed by atoms with Crippen LogP contribution in [0.25, 0.3) is 10.9 Å². The van der Waals surface area contributed by atoms with Gasteiger partial charge in [0.05, 0.1) is 11.6 Å². The van der Waals surface area contributed by atoms with E-state index in [4.69, 9.17) is 5.26 Å². The van der Waals surface area contributed by atoms with E-state index in [1.807, 2.05) is 30.5 Å². The van der Waals surface area contributed by atoms with Crippen LogP contribution >= 0.6 is 0 Å². The Morgan fingerprint density at radius 1 is 1.10 bits per heavy atom. The summed E-state index contributed by atoms with van der Waals surface area (Å²) in [5.41, 5.74) is 3.20. The van der Waals surface area contributed by atoms with Crippen LogP contribution < -0.4 is 4.90 Å². The van der Waals surface area contributed by atoms with Gasteiger partial charge in [0.15, 0.2) is 0 Å². The molecule has 0 amide bonds. The number of aromatic nitrogens is 2. The molecule has 2 fully saturated rings. The fourth-order valence-corrected chi connectivity index (χ4v) is 5.15. The number of benzene rings is 1. The second kappa shape index (κ2) is 7.88. The number of fused-ring (bicyclic) bond motifs is 3. The lowest BCUT2D eigenvalue weighted by Crippen LogP contribution is -2.54. The largest absolute Gasteiger partial charge is 0.361 e. The number of nitriles is 1. The molecule has 2 unspecified atom stereocenters. The van der Waals surface area contributed by atoms with Gasteiger partial charge in [0.2, 0.25) is 0 Å². The second-order valence-electron chi connectivity index (χ2n) is 8.36. The van der Waals surface area contributed by atoms with Gasteiger partial charge in [-0.1, -0.05) is 6.07 Å². The third-order valence-corrected chi connectivity index (χ3v) is 6.62. The molecule has 2 aromatic heterocycles. The number of hydrogen-bond acceptors (Lipinski definition) is 4. The summed E-state index contributed by atoms with van der Waals surface area (Å²) < 4.78 is 0. The van der Waals surface area contributed by atoms with Gasteiger partial charge in [-0.3, -0.25) is 4.90 Å². The third kappa shape index (κ3) is 3.61. The van der Waals surface area contributed by atoms with Crippen molar-refractivity contribution in [2.75, 3.05) is 24.5 Å². The average Bonchev–Trinajstić information content (AvgIpc) is 3.27. The molecule has 2 aliphatic heterocycles. The Morgan fingerprint density at radius 2 is 1.97 bits per heavy atom. The smallest absolute Gasteiger partial charge is 0.128 e. The number of piperazine rings is 1. The highest BCUT2D eigenvalue weighted by atomic mass is 15.3. The maximum Gasteiger partial charge on any atom is 0.128 e. The van der Waals surface area contributed by atoms with Crippen LogP contribution in [0.5, 0.6) is 0 Å². The molecule has 5 rings (SSSR count). The predicted molar refractivity (Wildman–Crippen MR) is 116 cm³/mol. The van der Waals surface area contributed by atoms with Gasteiger partial charge in [-0.05, 0) is 74.5 Å². The Bertz CT molecular complexity index is 1000. The Labute approximate surface area is 172 Å². The molecule has 2 atom stereocenters. The highest BCUT2D eigenvalue weighted by molar-refractivity contribution is 5.84. The summed E-state index contributed by atoms with van der Waals surface area (Å²) >= 11 is 0. The predicted octanol–water partition coefficient (Wildman–Crippen LogP) is 4.11. The van der Waals surface area contributed by atoms with E-state index in [2.05, 4.69) is 44.2 Å². The summed E-state index contributed by atoms with van der Waals surface area (Å²) in [6.07, 6.45) is 10.1. The minimum Gasteiger partial charge on any atom is -0.361 e. The van der Waals surface area contributed by atoms with Crippen molar-refractivity contribution >= 4 is 16.7 Å². The number of nitrogens with one attached hydrogen (secondary N) is 1. The first kappa shape index (κ1) is 18.2. The number of pyridine rings is 1. The van der Waals surface area contributed by atoms with Crippen LogP contribution in [0.4, 0.5) is 5.82 Å². The van der Waals surface area contributed by atoms with Crippen LogP contribution in [0.2, 0.25) is 0 Å². The number of H-pyrrole nitrogens is 1. The first-order valence-corrected chi connectivity index (χ1v) is 10.7. The number of aryl methyl sites for hydroxylation is 1. The molecule has 148 valence electrons. The van der Waals surface area contributed by atoms with Gasteiger partial charge in [0, 0.05) is 48.5 Å². The standard InChI is InChI=1S/C24H27N5/c25-14-18-7-10-23-22(13-18)19(15-27-23)5-2-4-12-29-20-8-9-21(29)17-28(16-20)24-6-1-3-11-26-24/h1,3,6-7,10-11,13,15,20-21,27H,2,4-5,8-9,12,16-17H2. The average molecular weight is 386 g/mol. The van der Waals surface area contributed by atoms with Crippen LogP contribution in [0, 0.1) is 11.3 Å². The molecule has 1 aromatic carbocycles. The van der Waals surface area contributed by atoms with Crippen molar-refractivity contribution in [2.24, 2.45) is 0 Å². The van der Waals surface area contributed by atoms with Gasteiger partial charge in [-0.25, -0.2) is 4.98 Å². The normalized spacial score (nSPS) is 21.6. The van der Waals surface area contributed by atoms with Crippen molar-refractivity contribution < 1.29 is 0 Å². The molecule has 5 nitrogen and oxygen atoms in total. The molecule has 3 aromatic rings. The molecule has 4 heterocycles. The Hall–Kier alpha value is -2.84. The number of nitrogens with zero attached hydrogens (tertiary/aromatic N) is 4. The van der Waals surface area contributed by atoms with Crippen LogP contribution in [-0.2, 0) is 6.42 Å². The number of rotatable bonds is 6. The van der Waals surface area contributed by atoms with Crippen LogP contribution in [0.1, 0.15) is 36.8 Å². The van der Waals surface area contributed by atoms with E-state index in [1.165, 1.54) is 43.2 Å². The summed E-state index contributed by atoms with van der Waals surface area (Å²) in [4.78, 5) is 13.1. The summed E-state index contributed by atoms with van der Waals surface area (Å²) in [7, 11) is 0. The topological polar surface area (TPSA) is 59.0 Å². The maximum atomic E-state index is 9.16. The van der Waals surface area contributed by atoms with E-state index in [1.54, 1.807) is 0 Å². The van der Waals surface area contributed by atoms with E-state index < -0.39 is 0 Å². The molecule has 0 saturated carbocycles. The van der Waals surface area contributed by atoms with Gasteiger partial charge < -0.3 is 9.88 Å². The first-order chi connectivity index (χ1) is 14.3. The lowest BCUT2D eigenvalue weighted by molar-refractivity contribution is 0.166. The lowest BCUT2D eigenvalue weighted by atomic mass is 10.0. The minimum absolute atomic E-state index is 0.669. The lowest BCUT2D eigenvalue weighted by Gasteiger charge is -2.41. The first-order valence-electron chi connectivity index (χ1n) is 10.7. The molecule has 29 heavy (non-hydrogen) atoms. The van der Waals surface area contributed by atoms with Gasteiger partial charge in [-0.15, -0.1) is 0 Å². The van der Waals surface area contributed by atoms with Crippen LogP contribution in [0.3, 0.4) is 0 Å². The molecule has 1 N–H and O–H groups in total. The highest BCUT2D eigenvalue weighted by Crippen LogP contribution is 2.32. The van der Waals surface area contributed by atoms with E-state index in [0.29, 0.717) is 12.1 Å². The third-order valence-electron chi connectivity index (χ3n) is 6.62. The summed E-state index contributed by atoms with van der Waals surface area (Å²) in [6.45, 7) is 3.40. The zero-order chi connectivity index (χ0) is 19.6. The van der Waals surface area contributed by atoms with Crippen LogP contribution in [0.15, 0.2) is 48.8 Å². The van der Waals surface area contributed by atoms with Crippen molar-refractivity contribution in [1.29, 1.82) is 5.26 Å². The maximum absolute atomic E-state index is 9.16. The minimum atomic E-state index is 0.669. The van der Waals surface area contributed by atoms with Gasteiger partial charge in [-0.2, -0.15) is 5.26 Å². The zero-order valence-electron chi connectivity index (χ0n) is 16.7. The second-order valence-corrected chi connectivity index (χ2v) is 8.36. The number of anilines is 1. The molecule has 2 saturated heterocycles. The van der Waals surface area contributed by atoms with Crippen molar-refractivity contribution in [3.63, 3.8) is 0 Å². The quantitative estimate of drug-likeness (QED) is 0.649. The van der Waals surface area contributed by atoms with E-state index >= 15 is 0 Å². The number of hydrogen-bond donors (Lipinski definition) is 1. The Morgan fingerprint density at radius 3 is 2.72 bits per heavy atom. The molecule has 2 aliphatic rings. The molecule has 0 spiro atoms. The van der Waals surface area contributed by atoms with Crippen molar-refractivity contribution in [3.05, 3.63) is 59.9 Å². The Kier molecular flexibility index (Phi) is 4.95. The van der Waals surface area contributed by atoms with Gasteiger partial charge in [0.1, 0.15) is 5.82 Å². The van der Waals surface area contributed by atoms with E-state index in [-0.39, 0.29) is 0 Å². The monoisotopic (exact) mass is 385 g/mol. The zero-order valence-corrected chi connectivity index (χ0v) is 16.7. The van der Waals surface area contributed by atoms with Crippen molar-refractivity contribution in [1.82, 2.24) is 14.9 Å². The molecule has 0 aliphatic carbocycles. The molecular formula is C24H27N5. The summed E-state index contributed by atoms with van der Waals surface area (Å²) in [5.74, 6) is 1.13. The molecule has 0 radical (unpaired) electrons. The summed E-state index contributed by atoms with van der Waals surface area (Å²) in [6, 6.07) is 15.7. The SMILES string of the molecule is N#Cc1ccc2[nH]cc(CCCCN3C4CCC3CN(c3ccccn3)C4)c2c1. The van der Waals surface area contributed by atoms with Crippen molar-refractivity contribution in [2.45, 2.75) is 44.2 Å². The number of unbranched alkanes of at least 4 members (excludes halogenated alkanes) is 1. The van der Waals surface area contributed by atoms with Crippen molar-refractivity contribution in [3.8, 4) is 6.07 Å². The fourth-order valence-electron chi connectivity index (χ4n) is 5.15. The molecular weight excluding hydrogens is 358 g/mol. The molecule has 2 bridgehead atoms. The van der Waals surface area contributed by atoms with Gasteiger partial charge >= 0.3 is 0 Å². The highest BCUT2D eigenvalue weighted by Gasteiger charge is 2.39.